The molecular formula is C28H35N3O2. The Morgan fingerprint density at radius 1 is 1.12 bits per heavy atom. The highest BCUT2D eigenvalue weighted by molar-refractivity contribution is 5.80. The SMILES string of the molecule is CCCN(C(=O)C1CCCC1)C(CC)c1nc2ccccc2c(=O)n1-c1ccc(C)cc1C. The fraction of sp³-hybridized carbons (Fsp3) is 0.464. The number of hydrogen-bond acceptors (Lipinski definition) is 3. The summed E-state index contributed by atoms with van der Waals surface area (Å²) in [7, 11) is 0. The van der Waals surface area contributed by atoms with Gasteiger partial charge in [0.1, 0.15) is 5.82 Å². The quantitative estimate of drug-likeness (QED) is 0.456. The lowest BCUT2D eigenvalue weighted by molar-refractivity contribution is -0.138. The Bertz CT molecular complexity index is 1210. The van der Waals surface area contributed by atoms with Crippen molar-refractivity contribution in [3.05, 3.63) is 69.8 Å². The molecule has 0 spiro atoms. The number of amides is 1. The molecule has 4 rings (SSSR count). The Labute approximate surface area is 196 Å². The van der Waals surface area contributed by atoms with E-state index in [9.17, 15) is 9.59 Å². The van der Waals surface area contributed by atoms with Gasteiger partial charge in [0.15, 0.2) is 0 Å². The summed E-state index contributed by atoms with van der Waals surface area (Å²) in [5, 5.41) is 0.597. The van der Waals surface area contributed by atoms with Crippen LogP contribution in [0.5, 0.6) is 0 Å². The molecule has 1 aliphatic carbocycles. The van der Waals surface area contributed by atoms with Crippen LogP contribution in [0.4, 0.5) is 0 Å². The average Bonchev–Trinajstić information content (AvgIpc) is 3.35. The van der Waals surface area contributed by atoms with Gasteiger partial charge in [-0.25, -0.2) is 4.98 Å². The van der Waals surface area contributed by atoms with E-state index < -0.39 is 0 Å². The van der Waals surface area contributed by atoms with Gasteiger partial charge >= 0.3 is 0 Å². The van der Waals surface area contributed by atoms with Crippen LogP contribution in [-0.2, 0) is 4.79 Å². The summed E-state index contributed by atoms with van der Waals surface area (Å²) in [6.07, 6.45) is 5.74. The minimum Gasteiger partial charge on any atom is -0.332 e. The van der Waals surface area contributed by atoms with Gasteiger partial charge in [0.2, 0.25) is 5.91 Å². The Hall–Kier alpha value is -2.95. The molecule has 0 saturated heterocycles. The van der Waals surface area contributed by atoms with Crippen LogP contribution in [0.3, 0.4) is 0 Å². The molecule has 1 fully saturated rings. The van der Waals surface area contributed by atoms with Crippen molar-refractivity contribution in [2.75, 3.05) is 6.54 Å². The van der Waals surface area contributed by atoms with E-state index in [4.69, 9.17) is 4.98 Å². The van der Waals surface area contributed by atoms with Gasteiger partial charge in [0.25, 0.3) is 5.56 Å². The number of nitrogens with zero attached hydrogens (tertiary/aromatic N) is 3. The molecule has 1 amide bonds. The number of rotatable bonds is 7. The van der Waals surface area contributed by atoms with E-state index >= 15 is 0 Å². The van der Waals surface area contributed by atoms with Crippen molar-refractivity contribution in [1.82, 2.24) is 14.5 Å². The molecule has 1 heterocycles. The first kappa shape index (κ1) is 23.2. The highest BCUT2D eigenvalue weighted by Crippen LogP contribution is 2.32. The second kappa shape index (κ2) is 9.90. The average molecular weight is 446 g/mol. The maximum absolute atomic E-state index is 13.8. The third kappa shape index (κ3) is 4.46. The van der Waals surface area contributed by atoms with Crippen LogP contribution in [0, 0.1) is 19.8 Å². The van der Waals surface area contributed by atoms with Gasteiger partial charge in [-0.05, 0) is 63.3 Å². The fourth-order valence-electron chi connectivity index (χ4n) is 5.27. The second-order valence-corrected chi connectivity index (χ2v) is 9.35. The van der Waals surface area contributed by atoms with Crippen LogP contribution in [-0.4, -0.2) is 26.9 Å². The van der Waals surface area contributed by atoms with Crippen LogP contribution >= 0.6 is 0 Å². The second-order valence-electron chi connectivity index (χ2n) is 9.35. The van der Waals surface area contributed by atoms with Crippen molar-refractivity contribution < 1.29 is 4.79 Å². The monoisotopic (exact) mass is 445 g/mol. The first-order valence-electron chi connectivity index (χ1n) is 12.4. The molecule has 5 nitrogen and oxygen atoms in total. The molecule has 1 unspecified atom stereocenters. The van der Waals surface area contributed by atoms with E-state index in [-0.39, 0.29) is 23.4 Å². The number of para-hydroxylation sites is 1. The highest BCUT2D eigenvalue weighted by Gasteiger charge is 2.33. The molecular weight excluding hydrogens is 410 g/mol. The van der Waals surface area contributed by atoms with Gasteiger partial charge < -0.3 is 4.90 Å². The Balaban J connectivity index is 1.95. The zero-order chi connectivity index (χ0) is 23.5. The number of carbonyl (C=O) groups excluding carboxylic acids is 1. The van der Waals surface area contributed by atoms with Crippen LogP contribution < -0.4 is 5.56 Å². The summed E-state index contributed by atoms with van der Waals surface area (Å²) in [5.74, 6) is 0.969. The molecule has 1 saturated carbocycles. The predicted molar refractivity (Wildman–Crippen MR) is 134 cm³/mol. The lowest BCUT2D eigenvalue weighted by Gasteiger charge is -2.34. The molecule has 0 N–H and O–H groups in total. The molecule has 0 radical (unpaired) electrons. The molecule has 3 aromatic rings. The van der Waals surface area contributed by atoms with Gasteiger partial charge in [-0.15, -0.1) is 0 Å². The minimum absolute atomic E-state index is 0.0780. The van der Waals surface area contributed by atoms with Crippen LogP contribution in [0.2, 0.25) is 0 Å². The fourth-order valence-corrected chi connectivity index (χ4v) is 5.27. The van der Waals surface area contributed by atoms with E-state index in [1.807, 2.05) is 48.2 Å². The van der Waals surface area contributed by atoms with Crippen molar-refractivity contribution in [2.24, 2.45) is 5.92 Å². The predicted octanol–water partition coefficient (Wildman–Crippen LogP) is 5.88. The number of benzene rings is 2. The number of aryl methyl sites for hydroxylation is 2. The standard InChI is InChI=1S/C28H35N3O2/c1-5-17-30(27(32)21-11-7-8-12-21)24(6-2)26-29-23-14-10-9-13-22(23)28(33)31(26)25-16-15-19(3)18-20(25)4/h9-10,13-16,18,21,24H,5-8,11-12,17H2,1-4H3. The zero-order valence-corrected chi connectivity index (χ0v) is 20.3. The smallest absolute Gasteiger partial charge is 0.266 e. The Morgan fingerprint density at radius 3 is 2.52 bits per heavy atom. The third-order valence-corrected chi connectivity index (χ3v) is 6.91. The minimum atomic E-state index is -0.254. The molecule has 1 aliphatic rings. The molecule has 1 aromatic heterocycles. The molecule has 33 heavy (non-hydrogen) atoms. The molecule has 1 atom stereocenters. The Kier molecular flexibility index (Phi) is 6.96. The number of hydrogen-bond donors (Lipinski definition) is 0. The van der Waals surface area contributed by atoms with Crippen molar-refractivity contribution in [3.63, 3.8) is 0 Å². The van der Waals surface area contributed by atoms with E-state index in [0.717, 1.165) is 48.9 Å². The van der Waals surface area contributed by atoms with Gasteiger partial charge in [0, 0.05) is 12.5 Å². The van der Waals surface area contributed by atoms with Gasteiger partial charge in [0.05, 0.1) is 22.6 Å². The number of fused-ring (bicyclic) bond motifs is 1. The van der Waals surface area contributed by atoms with Gasteiger partial charge in [-0.3, -0.25) is 14.2 Å². The normalized spacial score (nSPS) is 15.2. The Morgan fingerprint density at radius 2 is 1.85 bits per heavy atom. The largest absolute Gasteiger partial charge is 0.332 e. The first-order valence-corrected chi connectivity index (χ1v) is 12.4. The summed E-state index contributed by atoms with van der Waals surface area (Å²) >= 11 is 0. The van der Waals surface area contributed by atoms with E-state index in [0.29, 0.717) is 29.7 Å². The first-order chi connectivity index (χ1) is 16.0. The zero-order valence-electron chi connectivity index (χ0n) is 20.3. The van der Waals surface area contributed by atoms with Gasteiger partial charge in [-0.1, -0.05) is 56.5 Å². The van der Waals surface area contributed by atoms with Crippen LogP contribution in [0.25, 0.3) is 16.6 Å². The molecule has 0 aliphatic heterocycles. The topological polar surface area (TPSA) is 55.2 Å². The maximum Gasteiger partial charge on any atom is 0.266 e. The van der Waals surface area contributed by atoms with Crippen molar-refractivity contribution in [2.45, 2.75) is 72.3 Å². The van der Waals surface area contributed by atoms with E-state index in [1.165, 1.54) is 0 Å². The summed E-state index contributed by atoms with van der Waals surface area (Å²) in [6.45, 7) is 8.94. The molecule has 174 valence electrons. The number of aromatic nitrogens is 2. The van der Waals surface area contributed by atoms with Crippen LogP contribution in [0.15, 0.2) is 47.3 Å². The van der Waals surface area contributed by atoms with Gasteiger partial charge in [-0.2, -0.15) is 0 Å². The van der Waals surface area contributed by atoms with Crippen LogP contribution in [0.1, 0.15) is 75.4 Å². The van der Waals surface area contributed by atoms with E-state index in [1.54, 1.807) is 4.57 Å². The van der Waals surface area contributed by atoms with E-state index in [2.05, 4.69) is 26.8 Å². The molecule has 2 aromatic carbocycles. The molecule has 5 heteroatoms. The van der Waals surface area contributed by atoms with Crippen molar-refractivity contribution in [3.8, 4) is 5.69 Å². The summed E-state index contributed by atoms with van der Waals surface area (Å²) in [5.41, 5.74) is 3.61. The summed E-state index contributed by atoms with van der Waals surface area (Å²) in [6, 6.07) is 13.4. The number of carbonyl (C=O) groups is 1. The van der Waals surface area contributed by atoms with Crippen molar-refractivity contribution in [1.29, 1.82) is 0 Å². The third-order valence-electron chi connectivity index (χ3n) is 6.91. The lowest BCUT2D eigenvalue weighted by Crippen LogP contribution is -2.41. The summed E-state index contributed by atoms with van der Waals surface area (Å²) < 4.78 is 1.76. The summed E-state index contributed by atoms with van der Waals surface area (Å²) in [4.78, 5) is 34.5. The van der Waals surface area contributed by atoms with Crippen molar-refractivity contribution >= 4 is 16.8 Å². The lowest BCUT2D eigenvalue weighted by atomic mass is 10.0. The highest BCUT2D eigenvalue weighted by atomic mass is 16.2. The maximum atomic E-state index is 13.8. The molecule has 0 bridgehead atoms.